The lowest BCUT2D eigenvalue weighted by Gasteiger charge is -2.12. The Morgan fingerprint density at radius 2 is 1.96 bits per heavy atom. The molecule has 24 heavy (non-hydrogen) atoms. The molecule has 0 bridgehead atoms. The van der Waals surface area contributed by atoms with Gasteiger partial charge in [0.15, 0.2) is 0 Å². The molecule has 1 amide bonds. The minimum atomic E-state index is -4.45. The van der Waals surface area contributed by atoms with E-state index in [1.807, 2.05) is 0 Å². The number of carbonyl (C=O) groups excluding carboxylic acids is 1. The number of aryl methyl sites for hydroxylation is 1. The Balaban J connectivity index is 1.99. The summed E-state index contributed by atoms with van der Waals surface area (Å²) in [6.07, 6.45) is -3.73. The molecule has 0 spiro atoms. The number of rotatable bonds is 4. The summed E-state index contributed by atoms with van der Waals surface area (Å²) < 4.78 is 50.9. The van der Waals surface area contributed by atoms with Crippen molar-refractivity contribution < 1.29 is 22.4 Å². The molecule has 0 fully saturated rings. The van der Waals surface area contributed by atoms with Gasteiger partial charge in [0.2, 0.25) is 5.91 Å². The van der Waals surface area contributed by atoms with Crippen LogP contribution in [-0.4, -0.2) is 16.1 Å². The molecule has 1 atom stereocenters. The van der Waals surface area contributed by atoms with Crippen LogP contribution in [0.1, 0.15) is 18.1 Å². The van der Waals surface area contributed by atoms with Crippen molar-refractivity contribution in [3.8, 4) is 0 Å². The fourth-order valence-electron chi connectivity index (χ4n) is 1.77. The van der Waals surface area contributed by atoms with Crippen LogP contribution in [-0.2, 0) is 11.0 Å². The highest BCUT2D eigenvalue weighted by Crippen LogP contribution is 2.30. The van der Waals surface area contributed by atoms with Gasteiger partial charge in [-0.2, -0.15) is 13.2 Å². The van der Waals surface area contributed by atoms with E-state index in [1.165, 1.54) is 12.1 Å². The van der Waals surface area contributed by atoms with Gasteiger partial charge >= 0.3 is 6.18 Å². The van der Waals surface area contributed by atoms with E-state index in [1.54, 1.807) is 26.0 Å². The molecule has 2 rings (SSSR count). The van der Waals surface area contributed by atoms with E-state index in [0.29, 0.717) is 16.3 Å². The maximum Gasteiger partial charge on any atom is 0.417 e. The van der Waals surface area contributed by atoms with Crippen molar-refractivity contribution in [1.82, 2.24) is 4.98 Å². The molecular formula is C16H14F4N2OS. The first-order valence-corrected chi connectivity index (χ1v) is 7.81. The normalized spacial score (nSPS) is 12.8. The Kier molecular flexibility index (Phi) is 5.48. The number of anilines is 1. The SMILES string of the molecule is Cc1ccc(NC(=O)C(C)Sc2ccc(C(F)(F)F)cn2)cc1F. The van der Waals surface area contributed by atoms with E-state index >= 15 is 0 Å². The number of hydrogen-bond acceptors (Lipinski definition) is 3. The van der Waals surface area contributed by atoms with Gasteiger partial charge in [-0.1, -0.05) is 17.8 Å². The Morgan fingerprint density at radius 1 is 1.25 bits per heavy atom. The standard InChI is InChI=1S/C16H14F4N2OS/c1-9-3-5-12(7-13(9)17)22-15(23)10(2)24-14-6-4-11(8-21-14)16(18,19)20/h3-8,10H,1-2H3,(H,22,23). The van der Waals surface area contributed by atoms with Gasteiger partial charge in [-0.15, -0.1) is 0 Å². The lowest BCUT2D eigenvalue weighted by Crippen LogP contribution is -2.22. The molecule has 2 aromatic rings. The first-order chi connectivity index (χ1) is 11.2. The van der Waals surface area contributed by atoms with Crippen molar-refractivity contribution in [2.45, 2.75) is 30.3 Å². The highest BCUT2D eigenvalue weighted by molar-refractivity contribution is 8.00. The van der Waals surface area contributed by atoms with E-state index in [9.17, 15) is 22.4 Å². The van der Waals surface area contributed by atoms with E-state index in [2.05, 4.69) is 10.3 Å². The molecule has 8 heteroatoms. The van der Waals surface area contributed by atoms with Crippen molar-refractivity contribution in [2.75, 3.05) is 5.32 Å². The largest absolute Gasteiger partial charge is 0.417 e. The van der Waals surface area contributed by atoms with Gasteiger partial charge in [0.05, 0.1) is 15.8 Å². The summed E-state index contributed by atoms with van der Waals surface area (Å²) in [5, 5.41) is 2.24. The van der Waals surface area contributed by atoms with Gasteiger partial charge in [-0.25, -0.2) is 9.37 Å². The van der Waals surface area contributed by atoms with Crippen molar-refractivity contribution in [2.24, 2.45) is 0 Å². The molecule has 0 aliphatic carbocycles. The third-order valence-corrected chi connectivity index (χ3v) is 4.22. The second kappa shape index (κ2) is 7.21. The van der Waals surface area contributed by atoms with E-state index in [4.69, 9.17) is 0 Å². The zero-order valence-electron chi connectivity index (χ0n) is 12.8. The summed E-state index contributed by atoms with van der Waals surface area (Å²) in [6.45, 7) is 3.19. The van der Waals surface area contributed by atoms with Gasteiger partial charge in [0.25, 0.3) is 0 Å². The second-order valence-corrected chi connectivity index (χ2v) is 6.46. The summed E-state index contributed by atoms with van der Waals surface area (Å²) >= 11 is 1.01. The first-order valence-electron chi connectivity index (χ1n) is 6.94. The average Bonchev–Trinajstić information content (AvgIpc) is 2.50. The van der Waals surface area contributed by atoms with Crippen LogP contribution in [0.5, 0.6) is 0 Å². The number of nitrogens with zero attached hydrogens (tertiary/aromatic N) is 1. The molecule has 1 N–H and O–H groups in total. The minimum absolute atomic E-state index is 0.292. The molecule has 1 unspecified atom stereocenters. The number of pyridine rings is 1. The molecule has 128 valence electrons. The fraction of sp³-hybridized carbons (Fsp3) is 0.250. The van der Waals surface area contributed by atoms with Crippen LogP contribution in [0.25, 0.3) is 0 Å². The lowest BCUT2D eigenvalue weighted by atomic mass is 10.2. The summed E-state index contributed by atoms with van der Waals surface area (Å²) in [6, 6.07) is 6.45. The van der Waals surface area contributed by atoms with Crippen molar-refractivity contribution >= 4 is 23.4 Å². The Bertz CT molecular complexity index is 732. The van der Waals surface area contributed by atoms with Crippen LogP contribution in [0.15, 0.2) is 41.6 Å². The number of benzene rings is 1. The Morgan fingerprint density at radius 3 is 2.50 bits per heavy atom. The fourth-order valence-corrected chi connectivity index (χ4v) is 2.56. The quantitative estimate of drug-likeness (QED) is 0.638. The van der Waals surface area contributed by atoms with Crippen LogP contribution >= 0.6 is 11.8 Å². The smallest absolute Gasteiger partial charge is 0.325 e. The number of thioether (sulfide) groups is 1. The topological polar surface area (TPSA) is 42.0 Å². The number of aromatic nitrogens is 1. The predicted octanol–water partition coefficient (Wildman–Crippen LogP) is 4.67. The van der Waals surface area contributed by atoms with Crippen molar-refractivity contribution in [1.29, 1.82) is 0 Å². The van der Waals surface area contributed by atoms with Crippen LogP contribution in [0.3, 0.4) is 0 Å². The number of nitrogens with one attached hydrogen (secondary N) is 1. The van der Waals surface area contributed by atoms with Crippen molar-refractivity contribution in [3.05, 3.63) is 53.5 Å². The van der Waals surface area contributed by atoms with Gasteiger partial charge in [0.1, 0.15) is 5.82 Å². The first kappa shape index (κ1) is 18.3. The molecule has 1 aromatic carbocycles. The lowest BCUT2D eigenvalue weighted by molar-refractivity contribution is -0.137. The molecule has 0 saturated carbocycles. The molecular weight excluding hydrogens is 344 g/mol. The van der Waals surface area contributed by atoms with Gasteiger partial charge in [-0.05, 0) is 43.7 Å². The maximum atomic E-state index is 13.5. The Labute approximate surface area is 140 Å². The molecule has 0 aliphatic heterocycles. The van der Waals surface area contributed by atoms with E-state index in [-0.39, 0.29) is 0 Å². The molecule has 1 heterocycles. The number of carbonyl (C=O) groups is 1. The monoisotopic (exact) mass is 358 g/mol. The van der Waals surface area contributed by atoms with Gasteiger partial charge in [-0.3, -0.25) is 4.79 Å². The van der Waals surface area contributed by atoms with Gasteiger partial charge in [0, 0.05) is 11.9 Å². The van der Waals surface area contributed by atoms with Gasteiger partial charge < -0.3 is 5.32 Å². The number of alkyl halides is 3. The predicted molar refractivity (Wildman–Crippen MR) is 84.3 cm³/mol. The van der Waals surface area contributed by atoms with Crippen LogP contribution in [0.4, 0.5) is 23.2 Å². The zero-order valence-corrected chi connectivity index (χ0v) is 13.6. The highest BCUT2D eigenvalue weighted by Gasteiger charge is 2.30. The summed E-state index contributed by atoms with van der Waals surface area (Å²) in [5.41, 5.74) is -0.0700. The number of amides is 1. The van der Waals surface area contributed by atoms with E-state index < -0.39 is 28.7 Å². The van der Waals surface area contributed by atoms with Crippen LogP contribution in [0.2, 0.25) is 0 Å². The third-order valence-electron chi connectivity index (χ3n) is 3.17. The summed E-state index contributed by atoms with van der Waals surface area (Å²) in [7, 11) is 0. The summed E-state index contributed by atoms with van der Waals surface area (Å²) in [5.74, 6) is -0.831. The Hall–Kier alpha value is -2.09. The maximum absolute atomic E-state index is 13.5. The molecule has 1 aromatic heterocycles. The number of hydrogen-bond donors (Lipinski definition) is 1. The third kappa shape index (κ3) is 4.70. The average molecular weight is 358 g/mol. The zero-order chi connectivity index (χ0) is 17.9. The molecule has 0 aliphatic rings. The number of halogens is 4. The molecule has 3 nitrogen and oxygen atoms in total. The summed E-state index contributed by atoms with van der Waals surface area (Å²) in [4.78, 5) is 15.8. The van der Waals surface area contributed by atoms with Crippen LogP contribution < -0.4 is 5.32 Å². The molecule has 0 saturated heterocycles. The van der Waals surface area contributed by atoms with Crippen molar-refractivity contribution in [3.63, 3.8) is 0 Å². The minimum Gasteiger partial charge on any atom is -0.325 e. The van der Waals surface area contributed by atoms with Crippen LogP contribution in [0, 0.1) is 12.7 Å². The molecule has 0 radical (unpaired) electrons. The highest BCUT2D eigenvalue weighted by atomic mass is 32.2. The second-order valence-electron chi connectivity index (χ2n) is 5.10. The van der Waals surface area contributed by atoms with E-state index in [0.717, 1.165) is 24.0 Å².